The molecule has 0 atom stereocenters. The molecule has 3 N–H and O–H groups in total. The van der Waals surface area contributed by atoms with Crippen molar-refractivity contribution in [3.63, 3.8) is 0 Å². The lowest BCUT2D eigenvalue weighted by molar-refractivity contribution is 0.0599. The van der Waals surface area contributed by atoms with E-state index >= 15 is 0 Å². The molecule has 0 spiro atoms. The topological polar surface area (TPSA) is 81.4 Å². The van der Waals surface area contributed by atoms with Gasteiger partial charge in [0.1, 0.15) is 10.4 Å². The molecule has 2 rings (SSSR count). The highest BCUT2D eigenvalue weighted by atomic mass is 32.2. The molecule has 0 radical (unpaired) electrons. The maximum Gasteiger partial charge on any atom is 0.342 e. The van der Waals surface area contributed by atoms with Crippen LogP contribution in [0.1, 0.15) is 39.8 Å². The maximum absolute atomic E-state index is 12.1. The molecule has 1 aliphatic carbocycles. The molecule has 104 valence electrons. The van der Waals surface area contributed by atoms with Crippen LogP contribution in [0.5, 0.6) is 0 Å². The van der Waals surface area contributed by atoms with Gasteiger partial charge in [-0.25, -0.2) is 4.79 Å². The Kier molecular flexibility index (Phi) is 4.36. The molecule has 1 amide bonds. The highest BCUT2D eigenvalue weighted by molar-refractivity contribution is 8.01. The van der Waals surface area contributed by atoms with Gasteiger partial charge in [-0.05, 0) is 18.6 Å². The summed E-state index contributed by atoms with van der Waals surface area (Å²) < 4.78 is 5.48. The van der Waals surface area contributed by atoms with Gasteiger partial charge in [-0.15, -0.1) is 23.1 Å². The maximum atomic E-state index is 12.1. The summed E-state index contributed by atoms with van der Waals surface area (Å²) in [4.78, 5) is 24.2. The molecule has 1 fully saturated rings. The van der Waals surface area contributed by atoms with Gasteiger partial charge in [-0.2, -0.15) is 0 Å². The van der Waals surface area contributed by atoms with Crippen LogP contribution in [0.15, 0.2) is 4.21 Å². The lowest BCUT2D eigenvalue weighted by Crippen LogP contribution is -2.25. The second-order valence-electron chi connectivity index (χ2n) is 4.18. The summed E-state index contributed by atoms with van der Waals surface area (Å²) >= 11 is 2.75. The van der Waals surface area contributed by atoms with Gasteiger partial charge in [0.15, 0.2) is 0 Å². The number of hydrogen-bond donors (Lipinski definition) is 2. The van der Waals surface area contributed by atoms with Gasteiger partial charge < -0.3 is 15.8 Å². The minimum atomic E-state index is -0.491. The van der Waals surface area contributed by atoms with Crippen LogP contribution in [0.2, 0.25) is 0 Å². The zero-order chi connectivity index (χ0) is 14.0. The van der Waals surface area contributed by atoms with Crippen molar-refractivity contribution in [2.24, 2.45) is 0 Å². The van der Waals surface area contributed by atoms with E-state index in [0.717, 1.165) is 22.8 Å². The summed E-state index contributed by atoms with van der Waals surface area (Å²) in [5.74, 6) is 0.112. The number of methoxy groups -OCH3 is 1. The molecule has 19 heavy (non-hydrogen) atoms. The number of ether oxygens (including phenoxy) is 1. The normalized spacial score (nSPS) is 14.2. The second kappa shape index (κ2) is 5.83. The van der Waals surface area contributed by atoms with E-state index < -0.39 is 5.97 Å². The quantitative estimate of drug-likeness (QED) is 0.643. The van der Waals surface area contributed by atoms with Crippen molar-refractivity contribution in [2.45, 2.75) is 30.0 Å². The number of thiophene rings is 1. The van der Waals surface area contributed by atoms with E-state index in [1.54, 1.807) is 0 Å². The van der Waals surface area contributed by atoms with Crippen molar-refractivity contribution < 1.29 is 14.3 Å². The fourth-order valence-electron chi connectivity index (χ4n) is 1.60. The van der Waals surface area contributed by atoms with Crippen molar-refractivity contribution in [1.29, 1.82) is 0 Å². The number of amides is 1. The molecule has 0 saturated heterocycles. The van der Waals surface area contributed by atoms with Gasteiger partial charge in [0.05, 0.1) is 17.0 Å². The first kappa shape index (κ1) is 14.2. The van der Waals surface area contributed by atoms with Gasteiger partial charge in [0.2, 0.25) is 0 Å². The summed E-state index contributed by atoms with van der Waals surface area (Å²) in [5, 5.41) is 2.88. The first-order chi connectivity index (χ1) is 9.08. The molecule has 1 aromatic heterocycles. The third kappa shape index (κ3) is 3.03. The number of anilines is 1. The van der Waals surface area contributed by atoms with Crippen molar-refractivity contribution in [2.75, 3.05) is 18.6 Å². The SMILES string of the molecule is CCSc1sc(C(=O)NC2CC2)c(N)c1C(=O)OC. The molecule has 0 aliphatic heterocycles. The van der Waals surface area contributed by atoms with Gasteiger partial charge in [0.25, 0.3) is 5.91 Å². The minimum absolute atomic E-state index is 0.196. The molecular formula is C12H16N2O3S2. The largest absolute Gasteiger partial charge is 0.465 e. The number of hydrogen-bond acceptors (Lipinski definition) is 6. The van der Waals surface area contributed by atoms with E-state index in [-0.39, 0.29) is 17.6 Å². The Balaban J connectivity index is 2.32. The van der Waals surface area contributed by atoms with Gasteiger partial charge in [-0.3, -0.25) is 4.79 Å². The number of nitrogens with two attached hydrogens (primary N) is 1. The molecule has 1 heterocycles. The summed E-state index contributed by atoms with van der Waals surface area (Å²) in [7, 11) is 1.31. The van der Waals surface area contributed by atoms with E-state index in [2.05, 4.69) is 5.32 Å². The van der Waals surface area contributed by atoms with Crippen LogP contribution in [0, 0.1) is 0 Å². The number of nitrogen functional groups attached to an aromatic ring is 1. The minimum Gasteiger partial charge on any atom is -0.465 e. The predicted octanol–water partition coefficient (Wildman–Crippen LogP) is 2.12. The molecule has 1 aliphatic rings. The highest BCUT2D eigenvalue weighted by Gasteiger charge is 2.29. The Morgan fingerprint density at radius 2 is 2.21 bits per heavy atom. The molecule has 0 aromatic carbocycles. The van der Waals surface area contributed by atoms with Crippen LogP contribution in [-0.2, 0) is 4.74 Å². The van der Waals surface area contributed by atoms with E-state index in [4.69, 9.17) is 10.5 Å². The van der Waals surface area contributed by atoms with Crippen molar-refractivity contribution in [1.82, 2.24) is 5.32 Å². The number of thioether (sulfide) groups is 1. The van der Waals surface area contributed by atoms with Crippen LogP contribution in [0.3, 0.4) is 0 Å². The lowest BCUT2D eigenvalue weighted by atomic mass is 10.2. The first-order valence-corrected chi connectivity index (χ1v) is 7.82. The predicted molar refractivity (Wildman–Crippen MR) is 77.0 cm³/mol. The molecule has 7 heteroatoms. The summed E-state index contributed by atoms with van der Waals surface area (Å²) in [6, 6.07) is 0.262. The van der Waals surface area contributed by atoms with Gasteiger partial charge in [-0.1, -0.05) is 6.92 Å². The Labute approximate surface area is 119 Å². The summed E-state index contributed by atoms with van der Waals surface area (Å²) in [5.41, 5.74) is 6.49. The smallest absolute Gasteiger partial charge is 0.342 e. The molecule has 0 bridgehead atoms. The Morgan fingerprint density at radius 1 is 1.53 bits per heavy atom. The zero-order valence-electron chi connectivity index (χ0n) is 10.8. The molecule has 5 nitrogen and oxygen atoms in total. The van der Waals surface area contributed by atoms with Crippen molar-refractivity contribution >= 4 is 40.7 Å². The average Bonchev–Trinajstić information content (AvgIpc) is 3.13. The van der Waals surface area contributed by atoms with Crippen LogP contribution < -0.4 is 11.1 Å². The van der Waals surface area contributed by atoms with E-state index in [1.807, 2.05) is 6.92 Å². The van der Waals surface area contributed by atoms with Crippen molar-refractivity contribution in [3.05, 3.63) is 10.4 Å². The van der Waals surface area contributed by atoms with Gasteiger partial charge in [0, 0.05) is 6.04 Å². The zero-order valence-corrected chi connectivity index (χ0v) is 12.5. The molecule has 0 unspecified atom stereocenters. The third-order valence-electron chi connectivity index (χ3n) is 2.70. The van der Waals surface area contributed by atoms with E-state index in [9.17, 15) is 9.59 Å². The standard InChI is InChI=1S/C12H16N2O3S2/c1-3-18-12-7(11(16)17-2)8(13)9(19-12)10(15)14-6-4-5-6/h6H,3-5,13H2,1-2H3,(H,14,15). The average molecular weight is 300 g/mol. The van der Waals surface area contributed by atoms with E-state index in [1.165, 1.54) is 30.2 Å². The van der Waals surface area contributed by atoms with Crippen LogP contribution in [-0.4, -0.2) is 30.8 Å². The number of carbonyl (C=O) groups excluding carboxylic acids is 2. The fourth-order valence-corrected chi connectivity index (χ4v) is 3.88. The number of carbonyl (C=O) groups is 2. The fraction of sp³-hybridized carbons (Fsp3) is 0.500. The third-order valence-corrected chi connectivity index (χ3v) is 5.05. The number of nitrogens with one attached hydrogen (secondary N) is 1. The Bertz CT molecular complexity index is 509. The van der Waals surface area contributed by atoms with E-state index in [0.29, 0.717) is 10.4 Å². The Hall–Kier alpha value is -1.21. The van der Waals surface area contributed by atoms with Crippen molar-refractivity contribution in [3.8, 4) is 0 Å². The first-order valence-electron chi connectivity index (χ1n) is 6.02. The number of rotatable bonds is 5. The number of esters is 1. The van der Waals surface area contributed by atoms with Crippen LogP contribution in [0.25, 0.3) is 0 Å². The molecular weight excluding hydrogens is 284 g/mol. The van der Waals surface area contributed by atoms with Crippen LogP contribution in [0.4, 0.5) is 5.69 Å². The summed E-state index contributed by atoms with van der Waals surface area (Å²) in [6.45, 7) is 1.98. The monoisotopic (exact) mass is 300 g/mol. The lowest BCUT2D eigenvalue weighted by Gasteiger charge is -2.02. The van der Waals surface area contributed by atoms with Gasteiger partial charge >= 0.3 is 5.97 Å². The second-order valence-corrected chi connectivity index (χ2v) is 6.73. The van der Waals surface area contributed by atoms with Crippen LogP contribution >= 0.6 is 23.1 Å². The molecule has 1 aromatic rings. The molecule has 1 saturated carbocycles. The summed E-state index contributed by atoms with van der Waals surface area (Å²) in [6.07, 6.45) is 2.02. The highest BCUT2D eigenvalue weighted by Crippen LogP contribution is 2.38. The Morgan fingerprint density at radius 3 is 2.74 bits per heavy atom.